The maximum absolute atomic E-state index is 6.28. The molecule has 0 radical (unpaired) electrons. The van der Waals surface area contributed by atoms with Gasteiger partial charge in [-0.1, -0.05) is 57.2 Å². The number of furan rings is 1. The van der Waals surface area contributed by atoms with Crippen molar-refractivity contribution in [1.29, 1.82) is 0 Å². The van der Waals surface area contributed by atoms with E-state index in [2.05, 4.69) is 74.9 Å². The summed E-state index contributed by atoms with van der Waals surface area (Å²) in [5.41, 5.74) is 5.85. The summed E-state index contributed by atoms with van der Waals surface area (Å²) in [6.07, 6.45) is 0. The molecule has 0 amide bonds. The number of aromatic nitrogens is 1. The Morgan fingerprint density at radius 2 is 1.56 bits per heavy atom. The lowest BCUT2D eigenvalue weighted by molar-refractivity contribution is 0.596. The summed E-state index contributed by atoms with van der Waals surface area (Å²) in [6.45, 7) is 6.83. The minimum absolute atomic E-state index is 0.0939. The number of fused-ring (bicyclic) bond motifs is 7. The van der Waals surface area contributed by atoms with Crippen LogP contribution in [0.4, 0.5) is 0 Å². The van der Waals surface area contributed by atoms with Crippen molar-refractivity contribution in [1.82, 2.24) is 4.57 Å². The van der Waals surface area contributed by atoms with Crippen LogP contribution in [0.15, 0.2) is 59.0 Å². The third-order valence-electron chi connectivity index (χ3n) is 5.34. The van der Waals surface area contributed by atoms with Crippen LogP contribution in [-0.4, -0.2) is 4.57 Å². The van der Waals surface area contributed by atoms with E-state index in [-0.39, 0.29) is 5.41 Å². The van der Waals surface area contributed by atoms with Crippen LogP contribution in [0.5, 0.6) is 0 Å². The first-order valence-corrected chi connectivity index (χ1v) is 8.78. The van der Waals surface area contributed by atoms with Crippen molar-refractivity contribution in [3.63, 3.8) is 0 Å². The number of aryl methyl sites for hydroxylation is 1. The summed E-state index contributed by atoms with van der Waals surface area (Å²) in [7, 11) is 2.14. The zero-order valence-corrected chi connectivity index (χ0v) is 15.1. The van der Waals surface area contributed by atoms with E-state index in [1.807, 2.05) is 12.1 Å². The minimum Gasteiger partial charge on any atom is -0.454 e. The zero-order chi connectivity index (χ0) is 17.3. The van der Waals surface area contributed by atoms with Gasteiger partial charge in [0.1, 0.15) is 5.58 Å². The smallest absolute Gasteiger partial charge is 0.159 e. The molecule has 0 aliphatic heterocycles. The number of nitrogens with zero attached hydrogens (tertiary/aromatic N) is 1. The Morgan fingerprint density at radius 1 is 0.800 bits per heavy atom. The molecule has 5 rings (SSSR count). The molecule has 0 spiro atoms. The Balaban J connectivity index is 2.06. The van der Waals surface area contributed by atoms with Gasteiger partial charge in [0, 0.05) is 34.1 Å². The average Bonchev–Trinajstić information content (AvgIpc) is 3.10. The van der Waals surface area contributed by atoms with Gasteiger partial charge in [-0.3, -0.25) is 0 Å². The van der Waals surface area contributed by atoms with Crippen molar-refractivity contribution in [3.05, 3.63) is 60.2 Å². The molecule has 0 N–H and O–H groups in total. The first-order chi connectivity index (χ1) is 12.0. The van der Waals surface area contributed by atoms with E-state index in [1.165, 1.54) is 38.1 Å². The Morgan fingerprint density at radius 3 is 2.36 bits per heavy atom. The van der Waals surface area contributed by atoms with Gasteiger partial charge in [-0.05, 0) is 29.2 Å². The van der Waals surface area contributed by atoms with Crippen LogP contribution >= 0.6 is 0 Å². The van der Waals surface area contributed by atoms with Crippen molar-refractivity contribution < 1.29 is 4.42 Å². The van der Waals surface area contributed by atoms with Crippen molar-refractivity contribution in [2.75, 3.05) is 0 Å². The second-order valence-electron chi connectivity index (χ2n) is 7.95. The Kier molecular flexibility index (Phi) is 2.72. The summed E-state index contributed by atoms with van der Waals surface area (Å²) >= 11 is 0. The SMILES string of the molecule is Cn1c2cccc(C(C)(C)C)c2c2ccc3c4ccccc4oc3c21. The largest absolute Gasteiger partial charge is 0.454 e. The maximum Gasteiger partial charge on any atom is 0.159 e. The van der Waals surface area contributed by atoms with Crippen molar-refractivity contribution >= 4 is 43.7 Å². The number of para-hydroxylation sites is 1. The molecule has 3 aromatic carbocycles. The van der Waals surface area contributed by atoms with Crippen LogP contribution in [0.3, 0.4) is 0 Å². The fourth-order valence-corrected chi connectivity index (χ4v) is 4.16. The standard InChI is InChI=1S/C23H21NO/c1-23(2,3)17-9-7-10-18-20(17)16-13-12-15-14-8-5-6-11-19(14)25-22(15)21(16)24(18)4/h5-13H,1-4H3. The van der Waals surface area contributed by atoms with E-state index >= 15 is 0 Å². The van der Waals surface area contributed by atoms with E-state index in [9.17, 15) is 0 Å². The van der Waals surface area contributed by atoms with E-state index in [0.29, 0.717) is 0 Å². The Bertz CT molecular complexity index is 1280. The van der Waals surface area contributed by atoms with E-state index in [0.717, 1.165) is 11.2 Å². The van der Waals surface area contributed by atoms with Crippen LogP contribution in [0.1, 0.15) is 26.3 Å². The van der Waals surface area contributed by atoms with Crippen LogP contribution in [0, 0.1) is 0 Å². The van der Waals surface area contributed by atoms with Gasteiger partial charge in [0.05, 0.1) is 5.52 Å². The highest BCUT2D eigenvalue weighted by Gasteiger charge is 2.22. The maximum atomic E-state index is 6.28. The summed E-state index contributed by atoms with van der Waals surface area (Å²) < 4.78 is 8.56. The van der Waals surface area contributed by atoms with Gasteiger partial charge < -0.3 is 8.98 Å². The average molecular weight is 327 g/mol. The lowest BCUT2D eigenvalue weighted by atomic mass is 9.84. The molecule has 2 heteroatoms. The predicted octanol–water partition coefficient (Wildman–Crippen LogP) is 6.53. The molecule has 0 atom stereocenters. The van der Waals surface area contributed by atoms with Crippen molar-refractivity contribution in [2.24, 2.45) is 7.05 Å². The van der Waals surface area contributed by atoms with Crippen LogP contribution < -0.4 is 0 Å². The first kappa shape index (κ1) is 14.6. The Hall–Kier alpha value is -2.74. The molecule has 0 saturated heterocycles. The minimum atomic E-state index is 0.0939. The molecule has 0 aliphatic carbocycles. The van der Waals surface area contributed by atoms with Crippen LogP contribution in [-0.2, 0) is 12.5 Å². The van der Waals surface area contributed by atoms with Gasteiger partial charge in [-0.25, -0.2) is 0 Å². The fourth-order valence-electron chi connectivity index (χ4n) is 4.16. The molecule has 124 valence electrons. The summed E-state index contributed by atoms with van der Waals surface area (Å²) in [4.78, 5) is 0. The van der Waals surface area contributed by atoms with E-state index in [1.54, 1.807) is 0 Å². The molecular weight excluding hydrogens is 306 g/mol. The number of hydrogen-bond donors (Lipinski definition) is 0. The molecule has 0 aliphatic rings. The fraction of sp³-hybridized carbons (Fsp3) is 0.217. The lowest BCUT2D eigenvalue weighted by Gasteiger charge is -2.20. The topological polar surface area (TPSA) is 18.1 Å². The molecule has 0 saturated carbocycles. The number of benzene rings is 3. The number of rotatable bonds is 0. The molecule has 0 fully saturated rings. The summed E-state index contributed by atoms with van der Waals surface area (Å²) in [5, 5.41) is 4.98. The molecule has 25 heavy (non-hydrogen) atoms. The van der Waals surface area contributed by atoms with E-state index < -0.39 is 0 Å². The van der Waals surface area contributed by atoms with Gasteiger partial charge in [0.2, 0.25) is 0 Å². The van der Waals surface area contributed by atoms with Crippen molar-refractivity contribution in [2.45, 2.75) is 26.2 Å². The van der Waals surface area contributed by atoms with Gasteiger partial charge in [0.25, 0.3) is 0 Å². The summed E-state index contributed by atoms with van der Waals surface area (Å²) in [6, 6.07) is 19.4. The summed E-state index contributed by atoms with van der Waals surface area (Å²) in [5.74, 6) is 0. The van der Waals surface area contributed by atoms with E-state index in [4.69, 9.17) is 4.42 Å². The molecule has 0 unspecified atom stereocenters. The predicted molar refractivity (Wildman–Crippen MR) is 106 cm³/mol. The van der Waals surface area contributed by atoms with Gasteiger partial charge in [-0.2, -0.15) is 0 Å². The molecule has 2 aromatic heterocycles. The van der Waals surface area contributed by atoms with Crippen LogP contribution in [0.25, 0.3) is 43.7 Å². The molecule has 2 heterocycles. The normalized spacial score (nSPS) is 12.8. The zero-order valence-electron chi connectivity index (χ0n) is 15.1. The quantitative estimate of drug-likeness (QED) is 0.316. The Labute approximate surface area is 146 Å². The molecule has 2 nitrogen and oxygen atoms in total. The lowest BCUT2D eigenvalue weighted by Crippen LogP contribution is -2.11. The van der Waals surface area contributed by atoms with Crippen LogP contribution in [0.2, 0.25) is 0 Å². The van der Waals surface area contributed by atoms with Crippen molar-refractivity contribution in [3.8, 4) is 0 Å². The highest BCUT2D eigenvalue weighted by atomic mass is 16.3. The highest BCUT2D eigenvalue weighted by Crippen LogP contribution is 2.41. The molecule has 0 bridgehead atoms. The monoisotopic (exact) mass is 327 g/mol. The van der Waals surface area contributed by atoms with Gasteiger partial charge in [0.15, 0.2) is 5.58 Å². The second kappa shape index (κ2) is 4.66. The number of hydrogen-bond acceptors (Lipinski definition) is 1. The van der Waals surface area contributed by atoms with Gasteiger partial charge >= 0.3 is 0 Å². The molecule has 5 aromatic rings. The van der Waals surface area contributed by atoms with Gasteiger partial charge in [-0.15, -0.1) is 0 Å². The second-order valence-corrected chi connectivity index (χ2v) is 7.95. The highest BCUT2D eigenvalue weighted by molar-refractivity contribution is 6.21. The third kappa shape index (κ3) is 1.85. The first-order valence-electron chi connectivity index (χ1n) is 8.78. The molecular formula is C23H21NO. The third-order valence-corrected chi connectivity index (χ3v) is 5.34.